The summed E-state index contributed by atoms with van der Waals surface area (Å²) >= 11 is 0.894. The second-order valence-corrected chi connectivity index (χ2v) is 10.4. The van der Waals surface area contributed by atoms with Gasteiger partial charge in [0.05, 0.1) is 19.7 Å². The Kier molecular flexibility index (Phi) is 13.2. The van der Waals surface area contributed by atoms with Crippen LogP contribution >= 0.6 is 11.8 Å². The third-order valence-corrected chi connectivity index (χ3v) is 7.03. The smallest absolute Gasteiger partial charge is 0.349 e. The van der Waals surface area contributed by atoms with Crippen molar-refractivity contribution in [2.45, 2.75) is 74.4 Å². The maximum Gasteiger partial charge on any atom is 0.349 e. The molecule has 234 valence electrons. The molecule has 1 aliphatic rings. The quantitative estimate of drug-likeness (QED) is 0.108. The first-order valence-electron chi connectivity index (χ1n) is 12.8. The molecule has 0 spiro atoms. The van der Waals surface area contributed by atoms with Gasteiger partial charge in [0, 0.05) is 43.9 Å². The fourth-order valence-corrected chi connectivity index (χ4v) is 5.52. The van der Waals surface area contributed by atoms with Gasteiger partial charge in [-0.25, -0.2) is 4.79 Å². The van der Waals surface area contributed by atoms with Crippen molar-refractivity contribution in [3.05, 3.63) is 40.8 Å². The molecule has 1 amide bonds. The number of hydrogen-bond donors (Lipinski definition) is 1. The normalized spacial score (nSPS) is 22.4. The van der Waals surface area contributed by atoms with Crippen molar-refractivity contribution in [1.29, 1.82) is 0 Å². The first-order valence-corrected chi connectivity index (χ1v) is 13.6. The van der Waals surface area contributed by atoms with Gasteiger partial charge in [-0.3, -0.25) is 24.0 Å². The Balaban J connectivity index is 2.79. The van der Waals surface area contributed by atoms with Gasteiger partial charge in [0.25, 0.3) is 5.91 Å². The Morgan fingerprint density at radius 3 is 2.23 bits per heavy atom. The zero-order valence-electron chi connectivity index (χ0n) is 24.0. The van der Waals surface area contributed by atoms with Crippen LogP contribution in [0.3, 0.4) is 0 Å². The number of carbonyl (C=O) groups excluding carboxylic acids is 6. The number of carbonyl (C=O) groups is 6. The molecular formula is C26H32N4O12S. The summed E-state index contributed by atoms with van der Waals surface area (Å²) in [4.78, 5) is 75.4. The van der Waals surface area contributed by atoms with E-state index in [-0.39, 0.29) is 6.42 Å². The Hall–Kier alpha value is -4.34. The number of hydrogen-bond acceptors (Lipinski definition) is 14. The molecule has 1 fully saturated rings. The number of benzene rings is 1. The van der Waals surface area contributed by atoms with Gasteiger partial charge in [-0.1, -0.05) is 35.1 Å². The van der Waals surface area contributed by atoms with Crippen LogP contribution in [0.5, 0.6) is 0 Å². The lowest BCUT2D eigenvalue weighted by Crippen LogP contribution is -2.68. The summed E-state index contributed by atoms with van der Waals surface area (Å²) in [5.41, 5.74) is 8.95. The van der Waals surface area contributed by atoms with Gasteiger partial charge in [0.15, 0.2) is 12.7 Å². The predicted octanol–water partition coefficient (Wildman–Crippen LogP) is 1.59. The number of nitrogens with one attached hydrogen (secondary N) is 1. The third kappa shape index (κ3) is 10.5. The summed E-state index contributed by atoms with van der Waals surface area (Å²) in [6.45, 7) is 2.98. The van der Waals surface area contributed by atoms with E-state index in [1.165, 1.54) is 0 Å². The SMILES string of the molecule is COC(=O)C1(Sc2ccccc2)CC(OC(C)=O)C(NC(=O)COC(C)=O)C([C@H](OC(C)=O)[C@@H](CN=[N+]=[N-])OC(C)=O)O1. The monoisotopic (exact) mass is 624 g/mol. The van der Waals surface area contributed by atoms with Crippen LogP contribution in [-0.2, 0) is 57.2 Å². The summed E-state index contributed by atoms with van der Waals surface area (Å²) in [5, 5.41) is 5.98. The summed E-state index contributed by atoms with van der Waals surface area (Å²) in [7, 11) is 1.11. The molecule has 1 aromatic rings. The van der Waals surface area contributed by atoms with Crippen molar-refractivity contribution in [3.63, 3.8) is 0 Å². The molecule has 1 aromatic carbocycles. The highest BCUT2D eigenvalue weighted by molar-refractivity contribution is 8.01. The van der Waals surface area contributed by atoms with E-state index in [4.69, 9.17) is 34.0 Å². The number of thioether (sulfide) groups is 1. The number of ether oxygens (including phenoxy) is 6. The van der Waals surface area contributed by atoms with Crippen LogP contribution < -0.4 is 5.32 Å². The lowest BCUT2D eigenvalue weighted by Gasteiger charge is -2.48. The Labute approximate surface area is 250 Å². The molecule has 1 saturated heterocycles. The average Bonchev–Trinajstić information content (AvgIpc) is 2.93. The first kappa shape index (κ1) is 34.9. The van der Waals surface area contributed by atoms with Crippen LogP contribution in [0.15, 0.2) is 40.3 Å². The molecule has 0 radical (unpaired) electrons. The molecule has 0 aromatic heterocycles. The Morgan fingerprint density at radius 1 is 1.05 bits per heavy atom. The molecular weight excluding hydrogens is 592 g/mol. The molecule has 16 nitrogen and oxygen atoms in total. The minimum atomic E-state index is -1.98. The van der Waals surface area contributed by atoms with Gasteiger partial charge < -0.3 is 33.7 Å². The number of amides is 1. The van der Waals surface area contributed by atoms with E-state index in [0.717, 1.165) is 46.6 Å². The van der Waals surface area contributed by atoms with Crippen LogP contribution in [0.25, 0.3) is 10.4 Å². The maximum atomic E-state index is 13.4. The molecule has 0 aliphatic carbocycles. The lowest BCUT2D eigenvalue weighted by atomic mass is 9.89. The molecule has 43 heavy (non-hydrogen) atoms. The van der Waals surface area contributed by atoms with Gasteiger partial charge in [-0.2, -0.15) is 0 Å². The second kappa shape index (κ2) is 16.3. The standard InChI is InChI=1S/C26H32N4O12S/c1-14(31)38-13-21(35)29-22-19(39-15(2)32)11-26(25(36)37-5,43-18-9-7-6-8-10-18)42-24(22)23(41-17(4)34)20(12-28-30-27)40-16(3)33/h6-10,19-20,22-24H,11-13H2,1-5H3,(H,29,35)/t19?,20-,22?,23-,24?,26?/m1/s1. The van der Waals surface area contributed by atoms with Crippen molar-refractivity contribution in [2.75, 3.05) is 20.3 Å². The van der Waals surface area contributed by atoms with Crippen molar-refractivity contribution in [1.82, 2.24) is 5.32 Å². The van der Waals surface area contributed by atoms with E-state index < -0.39 is 84.3 Å². The highest BCUT2D eigenvalue weighted by atomic mass is 32.2. The molecule has 0 saturated carbocycles. The number of azide groups is 1. The number of nitrogens with zero attached hydrogens (tertiary/aromatic N) is 3. The lowest BCUT2D eigenvalue weighted by molar-refractivity contribution is -0.220. The summed E-state index contributed by atoms with van der Waals surface area (Å²) in [6, 6.07) is 7.10. The molecule has 4 unspecified atom stereocenters. The van der Waals surface area contributed by atoms with Crippen LogP contribution in [0, 0.1) is 0 Å². The van der Waals surface area contributed by atoms with Crippen molar-refractivity contribution >= 4 is 47.5 Å². The Bertz CT molecular complexity index is 1240. The van der Waals surface area contributed by atoms with Crippen LogP contribution in [0.1, 0.15) is 34.1 Å². The Morgan fingerprint density at radius 2 is 1.70 bits per heavy atom. The molecule has 1 aliphatic heterocycles. The average molecular weight is 625 g/mol. The first-order chi connectivity index (χ1) is 20.3. The maximum absolute atomic E-state index is 13.4. The predicted molar refractivity (Wildman–Crippen MR) is 146 cm³/mol. The zero-order valence-corrected chi connectivity index (χ0v) is 24.9. The molecule has 6 atom stereocenters. The van der Waals surface area contributed by atoms with Gasteiger partial charge >= 0.3 is 29.8 Å². The fraction of sp³-hybridized carbons (Fsp3) is 0.538. The summed E-state index contributed by atoms with van der Waals surface area (Å²) in [5.74, 6) is -5.10. The van der Waals surface area contributed by atoms with Crippen LogP contribution in [0.2, 0.25) is 0 Å². The van der Waals surface area contributed by atoms with Crippen molar-refractivity contribution < 1.29 is 57.2 Å². The number of methoxy groups -OCH3 is 1. The van der Waals surface area contributed by atoms with Gasteiger partial charge in [-0.15, -0.1) is 0 Å². The van der Waals surface area contributed by atoms with Crippen LogP contribution in [-0.4, -0.2) is 91.4 Å². The molecule has 17 heteroatoms. The largest absolute Gasteiger partial charge is 0.466 e. The molecule has 1 N–H and O–H groups in total. The highest BCUT2D eigenvalue weighted by Gasteiger charge is 2.58. The van der Waals surface area contributed by atoms with E-state index in [0.29, 0.717) is 4.90 Å². The van der Waals surface area contributed by atoms with E-state index in [9.17, 15) is 28.8 Å². The van der Waals surface area contributed by atoms with Crippen LogP contribution in [0.4, 0.5) is 0 Å². The van der Waals surface area contributed by atoms with Gasteiger partial charge in [0.2, 0.25) is 4.93 Å². The van der Waals surface area contributed by atoms with Crippen molar-refractivity contribution in [2.24, 2.45) is 5.11 Å². The molecule has 0 bridgehead atoms. The van der Waals surface area contributed by atoms with E-state index in [1.807, 2.05) is 0 Å². The molecule has 1 heterocycles. The van der Waals surface area contributed by atoms with Gasteiger partial charge in [-0.05, 0) is 17.7 Å². The summed E-state index contributed by atoms with van der Waals surface area (Å²) in [6.07, 6.45) is -6.48. The van der Waals surface area contributed by atoms with Gasteiger partial charge in [0.1, 0.15) is 18.3 Å². The minimum Gasteiger partial charge on any atom is -0.466 e. The van der Waals surface area contributed by atoms with Crippen molar-refractivity contribution in [3.8, 4) is 0 Å². The highest BCUT2D eigenvalue weighted by Crippen LogP contribution is 2.45. The number of esters is 5. The minimum absolute atomic E-state index is 0.380. The second-order valence-electron chi connectivity index (χ2n) is 9.10. The summed E-state index contributed by atoms with van der Waals surface area (Å²) < 4.78 is 32.6. The third-order valence-electron chi connectivity index (χ3n) is 5.76. The number of rotatable bonds is 13. The van der Waals surface area contributed by atoms with E-state index in [2.05, 4.69) is 15.3 Å². The van der Waals surface area contributed by atoms with E-state index in [1.54, 1.807) is 30.3 Å². The fourth-order valence-electron chi connectivity index (χ4n) is 4.27. The topological polar surface area (TPSA) is 219 Å². The zero-order chi connectivity index (χ0) is 32.2. The van der Waals surface area contributed by atoms with E-state index >= 15 is 0 Å². The molecule has 2 rings (SSSR count).